The molecule has 2 rings (SSSR count). The van der Waals surface area contributed by atoms with Gasteiger partial charge in [0.05, 0.1) is 17.4 Å². The number of rotatable bonds is 3. The van der Waals surface area contributed by atoms with Crippen molar-refractivity contribution in [3.8, 4) is 0 Å². The van der Waals surface area contributed by atoms with Crippen LogP contribution in [0, 0.1) is 0 Å². The van der Waals surface area contributed by atoms with Gasteiger partial charge in [0.25, 0.3) is 0 Å². The van der Waals surface area contributed by atoms with Crippen molar-refractivity contribution >= 4 is 11.7 Å². The van der Waals surface area contributed by atoms with Crippen molar-refractivity contribution in [2.24, 2.45) is 0 Å². The fourth-order valence-electron chi connectivity index (χ4n) is 1.84. The average molecular weight is 206 g/mol. The van der Waals surface area contributed by atoms with Crippen LogP contribution in [0.15, 0.2) is 18.5 Å². The van der Waals surface area contributed by atoms with Gasteiger partial charge in [-0.05, 0) is 32.3 Å². The zero-order valence-corrected chi connectivity index (χ0v) is 8.66. The minimum Gasteiger partial charge on any atom is -0.478 e. The number of anilines is 1. The third-order valence-corrected chi connectivity index (χ3v) is 2.95. The van der Waals surface area contributed by atoms with Gasteiger partial charge in [-0.25, -0.2) is 4.79 Å². The Balaban J connectivity index is 2.23. The van der Waals surface area contributed by atoms with E-state index in [0.717, 1.165) is 12.8 Å². The summed E-state index contributed by atoms with van der Waals surface area (Å²) >= 11 is 0. The average Bonchev–Trinajstić information content (AvgIpc) is 2.16. The van der Waals surface area contributed by atoms with Gasteiger partial charge in [0.1, 0.15) is 0 Å². The summed E-state index contributed by atoms with van der Waals surface area (Å²) in [5, 5.41) is 12.2. The molecule has 15 heavy (non-hydrogen) atoms. The molecule has 0 atom stereocenters. The lowest BCUT2D eigenvalue weighted by atomic mass is 9.78. The molecule has 0 saturated heterocycles. The van der Waals surface area contributed by atoms with Crippen molar-refractivity contribution in [2.45, 2.75) is 31.7 Å². The molecule has 1 aliphatic rings. The second-order valence-corrected chi connectivity index (χ2v) is 4.27. The van der Waals surface area contributed by atoms with E-state index in [1.807, 2.05) is 0 Å². The largest absolute Gasteiger partial charge is 0.478 e. The van der Waals surface area contributed by atoms with Crippen LogP contribution in [-0.4, -0.2) is 21.6 Å². The highest BCUT2D eigenvalue weighted by Gasteiger charge is 2.32. The standard InChI is InChI=1S/C11H14N2O2/c1-11(4-2-5-11)13-9-7-12-6-3-8(9)10(14)15/h3,6-7,13H,2,4-5H2,1H3,(H,14,15). The molecule has 1 heterocycles. The van der Waals surface area contributed by atoms with Gasteiger partial charge in [-0.1, -0.05) is 0 Å². The highest BCUT2D eigenvalue weighted by atomic mass is 16.4. The van der Waals surface area contributed by atoms with Gasteiger partial charge in [-0.15, -0.1) is 0 Å². The first-order valence-electron chi connectivity index (χ1n) is 5.06. The lowest BCUT2D eigenvalue weighted by molar-refractivity contribution is 0.0697. The van der Waals surface area contributed by atoms with Gasteiger partial charge < -0.3 is 10.4 Å². The highest BCUT2D eigenvalue weighted by molar-refractivity contribution is 5.94. The second kappa shape index (κ2) is 3.53. The van der Waals surface area contributed by atoms with Crippen molar-refractivity contribution in [3.05, 3.63) is 24.0 Å². The van der Waals surface area contributed by atoms with Gasteiger partial charge in [0.15, 0.2) is 0 Å². The molecule has 2 N–H and O–H groups in total. The first-order valence-corrected chi connectivity index (χ1v) is 5.06. The summed E-state index contributed by atoms with van der Waals surface area (Å²) in [6.45, 7) is 2.11. The quantitative estimate of drug-likeness (QED) is 0.795. The fourth-order valence-corrected chi connectivity index (χ4v) is 1.84. The molecule has 0 spiro atoms. The first kappa shape index (κ1) is 9.96. The molecule has 0 bridgehead atoms. The number of hydrogen-bond acceptors (Lipinski definition) is 3. The number of aromatic nitrogens is 1. The van der Waals surface area contributed by atoms with Gasteiger partial charge in [-0.2, -0.15) is 0 Å². The third kappa shape index (κ3) is 1.93. The maximum atomic E-state index is 10.9. The van der Waals surface area contributed by atoms with Crippen LogP contribution in [0.5, 0.6) is 0 Å². The Bertz CT molecular complexity index is 386. The SMILES string of the molecule is CC1(Nc2cnccc2C(=O)O)CCC1. The second-order valence-electron chi connectivity index (χ2n) is 4.27. The summed E-state index contributed by atoms with van der Waals surface area (Å²) in [5.74, 6) is -0.914. The smallest absolute Gasteiger partial charge is 0.337 e. The van der Waals surface area contributed by atoms with E-state index in [2.05, 4.69) is 17.2 Å². The van der Waals surface area contributed by atoms with Crippen LogP contribution >= 0.6 is 0 Å². The fraction of sp³-hybridized carbons (Fsp3) is 0.455. The number of nitrogens with one attached hydrogen (secondary N) is 1. The number of nitrogens with zero attached hydrogens (tertiary/aromatic N) is 1. The molecule has 4 heteroatoms. The Kier molecular flexibility index (Phi) is 2.34. The van der Waals surface area contributed by atoms with Crippen LogP contribution in [0.2, 0.25) is 0 Å². The summed E-state index contributed by atoms with van der Waals surface area (Å²) in [6.07, 6.45) is 6.44. The molecule has 0 aromatic carbocycles. The van der Waals surface area contributed by atoms with Crippen LogP contribution in [-0.2, 0) is 0 Å². The monoisotopic (exact) mass is 206 g/mol. The molecule has 80 valence electrons. The summed E-state index contributed by atoms with van der Waals surface area (Å²) in [6, 6.07) is 1.52. The van der Waals surface area contributed by atoms with E-state index in [1.165, 1.54) is 18.7 Å². The van der Waals surface area contributed by atoms with E-state index in [0.29, 0.717) is 5.69 Å². The number of carbonyl (C=O) groups is 1. The molecular weight excluding hydrogens is 192 g/mol. The van der Waals surface area contributed by atoms with E-state index in [9.17, 15) is 4.79 Å². The molecule has 0 aliphatic heterocycles. The molecule has 0 radical (unpaired) electrons. The molecule has 0 unspecified atom stereocenters. The third-order valence-electron chi connectivity index (χ3n) is 2.95. The lowest BCUT2D eigenvalue weighted by Crippen LogP contribution is -2.42. The highest BCUT2D eigenvalue weighted by Crippen LogP contribution is 2.35. The van der Waals surface area contributed by atoms with Gasteiger partial charge in [-0.3, -0.25) is 4.98 Å². The minimum atomic E-state index is -0.914. The van der Waals surface area contributed by atoms with Gasteiger partial charge in [0, 0.05) is 11.7 Å². The topological polar surface area (TPSA) is 62.2 Å². The maximum Gasteiger partial charge on any atom is 0.337 e. The molecule has 1 aliphatic carbocycles. The van der Waals surface area contributed by atoms with Crippen molar-refractivity contribution in [2.75, 3.05) is 5.32 Å². The zero-order valence-electron chi connectivity index (χ0n) is 8.66. The van der Waals surface area contributed by atoms with E-state index in [-0.39, 0.29) is 11.1 Å². The Labute approximate surface area is 88.3 Å². The summed E-state index contributed by atoms with van der Waals surface area (Å²) in [4.78, 5) is 14.9. The van der Waals surface area contributed by atoms with Gasteiger partial charge >= 0.3 is 5.97 Å². The molecule has 1 saturated carbocycles. The minimum absolute atomic E-state index is 0.0488. The van der Waals surface area contributed by atoms with E-state index in [4.69, 9.17) is 5.11 Å². The van der Waals surface area contributed by atoms with Crippen molar-refractivity contribution in [1.82, 2.24) is 4.98 Å². The Morgan fingerprint density at radius 3 is 2.87 bits per heavy atom. The van der Waals surface area contributed by atoms with E-state index < -0.39 is 5.97 Å². The predicted octanol–water partition coefficient (Wildman–Crippen LogP) is 2.13. The molecule has 1 fully saturated rings. The van der Waals surface area contributed by atoms with Gasteiger partial charge in [0.2, 0.25) is 0 Å². The number of hydrogen-bond donors (Lipinski definition) is 2. The number of aromatic carboxylic acids is 1. The van der Waals surface area contributed by atoms with Crippen LogP contribution < -0.4 is 5.32 Å². The zero-order chi connectivity index (χ0) is 10.9. The van der Waals surface area contributed by atoms with E-state index >= 15 is 0 Å². The Morgan fingerprint density at radius 2 is 2.33 bits per heavy atom. The number of carboxylic acids is 1. The van der Waals surface area contributed by atoms with Crippen molar-refractivity contribution in [1.29, 1.82) is 0 Å². The van der Waals surface area contributed by atoms with Crippen LogP contribution in [0.4, 0.5) is 5.69 Å². The van der Waals surface area contributed by atoms with Crippen LogP contribution in [0.1, 0.15) is 36.5 Å². The normalized spacial score (nSPS) is 17.9. The summed E-state index contributed by atoms with van der Waals surface area (Å²) in [5.41, 5.74) is 0.957. The maximum absolute atomic E-state index is 10.9. The van der Waals surface area contributed by atoms with Crippen LogP contribution in [0.3, 0.4) is 0 Å². The number of pyridine rings is 1. The van der Waals surface area contributed by atoms with Crippen molar-refractivity contribution in [3.63, 3.8) is 0 Å². The Morgan fingerprint density at radius 1 is 1.60 bits per heavy atom. The molecule has 0 amide bonds. The van der Waals surface area contributed by atoms with Crippen molar-refractivity contribution < 1.29 is 9.90 Å². The summed E-state index contributed by atoms with van der Waals surface area (Å²) < 4.78 is 0. The molecular formula is C11H14N2O2. The summed E-state index contributed by atoms with van der Waals surface area (Å²) in [7, 11) is 0. The molecule has 4 nitrogen and oxygen atoms in total. The van der Waals surface area contributed by atoms with E-state index in [1.54, 1.807) is 6.20 Å². The molecule has 1 aromatic rings. The predicted molar refractivity (Wildman–Crippen MR) is 57.1 cm³/mol. The van der Waals surface area contributed by atoms with Crippen LogP contribution in [0.25, 0.3) is 0 Å². The molecule has 1 aromatic heterocycles. The number of carboxylic acid groups (broad SMARTS) is 1. The Hall–Kier alpha value is -1.58. The lowest BCUT2D eigenvalue weighted by Gasteiger charge is -2.40. The first-order chi connectivity index (χ1) is 7.11.